The van der Waals surface area contributed by atoms with Gasteiger partial charge >= 0.3 is 0 Å². The lowest BCUT2D eigenvalue weighted by molar-refractivity contribution is 0.614. The van der Waals surface area contributed by atoms with Crippen LogP contribution in [-0.2, 0) is 5.88 Å². The molecular weight excluding hydrogens is 227 g/mol. The molecule has 1 atom stereocenters. The summed E-state index contributed by atoms with van der Waals surface area (Å²) in [6, 6.07) is 7.03. The van der Waals surface area contributed by atoms with Gasteiger partial charge in [-0.15, -0.1) is 11.6 Å². The van der Waals surface area contributed by atoms with Gasteiger partial charge in [0.05, 0.1) is 17.7 Å². The Hall–Kier alpha value is -1.27. The molecule has 0 fully saturated rings. The Labute approximate surface area is 100 Å². The molecule has 86 valence electrons. The molecule has 0 saturated heterocycles. The van der Waals surface area contributed by atoms with Crippen molar-refractivity contribution in [2.24, 2.45) is 5.92 Å². The molecule has 0 spiro atoms. The second kappa shape index (κ2) is 5.72. The molecule has 0 amide bonds. The monoisotopic (exact) mass is 240 g/mol. The van der Waals surface area contributed by atoms with Gasteiger partial charge in [-0.3, -0.25) is 0 Å². The third-order valence-corrected chi connectivity index (χ3v) is 2.65. The van der Waals surface area contributed by atoms with Crippen molar-refractivity contribution in [1.29, 1.82) is 5.26 Å². The van der Waals surface area contributed by atoms with E-state index in [2.05, 4.69) is 6.07 Å². The first kappa shape index (κ1) is 12.8. The zero-order chi connectivity index (χ0) is 12.1. The highest BCUT2D eigenvalue weighted by atomic mass is 35.5. The summed E-state index contributed by atoms with van der Waals surface area (Å²) in [7, 11) is 1.77. The highest BCUT2D eigenvalue weighted by molar-refractivity contribution is 6.17. The van der Waals surface area contributed by atoms with Gasteiger partial charge in [0.25, 0.3) is 0 Å². The molecule has 0 saturated carbocycles. The van der Waals surface area contributed by atoms with Crippen LogP contribution in [0.3, 0.4) is 0 Å². The number of hydrogen-bond acceptors (Lipinski definition) is 2. The van der Waals surface area contributed by atoms with E-state index in [1.54, 1.807) is 24.1 Å². The molecule has 0 aromatic heterocycles. The van der Waals surface area contributed by atoms with E-state index < -0.39 is 0 Å². The Balaban J connectivity index is 2.84. The minimum absolute atomic E-state index is 0.128. The highest BCUT2D eigenvalue weighted by Crippen LogP contribution is 2.21. The third kappa shape index (κ3) is 3.11. The molecule has 2 nitrogen and oxygen atoms in total. The zero-order valence-corrected chi connectivity index (χ0v) is 10.1. The summed E-state index contributed by atoms with van der Waals surface area (Å²) in [5.74, 6) is -0.127. The Morgan fingerprint density at radius 1 is 1.56 bits per heavy atom. The van der Waals surface area contributed by atoms with Crippen molar-refractivity contribution in [2.75, 3.05) is 18.5 Å². The van der Waals surface area contributed by atoms with E-state index in [9.17, 15) is 4.39 Å². The molecule has 0 aliphatic carbocycles. The first-order valence-electron chi connectivity index (χ1n) is 5.03. The van der Waals surface area contributed by atoms with Gasteiger partial charge in [-0.25, -0.2) is 4.39 Å². The predicted molar refractivity (Wildman–Crippen MR) is 64.0 cm³/mol. The van der Waals surface area contributed by atoms with Crippen molar-refractivity contribution in [3.05, 3.63) is 29.6 Å². The molecule has 0 aliphatic rings. The van der Waals surface area contributed by atoms with Gasteiger partial charge in [0, 0.05) is 19.5 Å². The number of benzene rings is 1. The zero-order valence-electron chi connectivity index (χ0n) is 9.37. The fraction of sp³-hybridized carbons (Fsp3) is 0.417. The van der Waals surface area contributed by atoms with Gasteiger partial charge < -0.3 is 4.90 Å². The van der Waals surface area contributed by atoms with Crippen molar-refractivity contribution >= 4 is 17.3 Å². The fourth-order valence-electron chi connectivity index (χ4n) is 1.49. The Morgan fingerprint density at radius 3 is 2.75 bits per heavy atom. The lowest BCUT2D eigenvalue weighted by Crippen LogP contribution is -2.24. The van der Waals surface area contributed by atoms with Crippen molar-refractivity contribution in [1.82, 2.24) is 0 Å². The molecular formula is C12H14ClFN2. The molecule has 0 aliphatic heterocycles. The standard InChI is InChI=1S/C12H14ClFN2/c1-9(7-15)8-16(2)12-4-3-10(6-13)5-11(12)14/h3-5,9H,6,8H2,1-2H3. The Bertz CT molecular complexity index is 400. The Kier molecular flexibility index (Phi) is 4.57. The molecule has 0 radical (unpaired) electrons. The summed E-state index contributed by atoms with van der Waals surface area (Å²) in [5, 5.41) is 8.69. The van der Waals surface area contributed by atoms with E-state index in [-0.39, 0.29) is 11.7 Å². The summed E-state index contributed by atoms with van der Waals surface area (Å²) >= 11 is 5.61. The van der Waals surface area contributed by atoms with Crippen LogP contribution in [0.5, 0.6) is 0 Å². The minimum Gasteiger partial charge on any atom is -0.371 e. The molecule has 1 unspecified atom stereocenters. The van der Waals surface area contributed by atoms with E-state index in [1.165, 1.54) is 6.07 Å². The van der Waals surface area contributed by atoms with Gasteiger partial charge in [0.2, 0.25) is 0 Å². The maximum Gasteiger partial charge on any atom is 0.146 e. The average molecular weight is 241 g/mol. The summed E-state index contributed by atoms with van der Waals surface area (Å²) in [6.07, 6.45) is 0. The number of anilines is 1. The summed E-state index contributed by atoms with van der Waals surface area (Å²) < 4.78 is 13.7. The number of rotatable bonds is 4. The molecule has 1 aromatic rings. The maximum absolute atomic E-state index is 13.7. The van der Waals surface area contributed by atoms with Crippen LogP contribution in [0.25, 0.3) is 0 Å². The topological polar surface area (TPSA) is 27.0 Å². The van der Waals surface area contributed by atoms with Gasteiger partial charge in [-0.05, 0) is 24.6 Å². The number of nitrogens with zero attached hydrogens (tertiary/aromatic N) is 2. The molecule has 16 heavy (non-hydrogen) atoms. The number of halogens is 2. The minimum atomic E-state index is -0.300. The molecule has 0 bridgehead atoms. The van der Waals surface area contributed by atoms with Crippen LogP contribution >= 0.6 is 11.6 Å². The van der Waals surface area contributed by atoms with Crippen LogP contribution in [0, 0.1) is 23.1 Å². The first-order valence-corrected chi connectivity index (χ1v) is 5.57. The number of nitriles is 1. The Morgan fingerprint density at radius 2 is 2.25 bits per heavy atom. The van der Waals surface area contributed by atoms with Gasteiger partial charge in [-0.2, -0.15) is 5.26 Å². The maximum atomic E-state index is 13.7. The SMILES string of the molecule is CC(C#N)CN(C)c1ccc(CCl)cc1F. The van der Waals surface area contributed by atoms with E-state index >= 15 is 0 Å². The predicted octanol–water partition coefficient (Wildman–Crippen LogP) is 3.16. The van der Waals surface area contributed by atoms with Crippen LogP contribution in [0.15, 0.2) is 18.2 Å². The highest BCUT2D eigenvalue weighted by Gasteiger charge is 2.10. The lowest BCUT2D eigenvalue weighted by atomic mass is 10.1. The normalized spacial score (nSPS) is 11.9. The third-order valence-electron chi connectivity index (χ3n) is 2.35. The fourth-order valence-corrected chi connectivity index (χ4v) is 1.66. The van der Waals surface area contributed by atoms with Gasteiger partial charge in [0.1, 0.15) is 5.82 Å². The molecule has 1 rings (SSSR count). The molecule has 0 heterocycles. The van der Waals surface area contributed by atoms with Crippen LogP contribution in [0.1, 0.15) is 12.5 Å². The van der Waals surface area contributed by atoms with E-state index in [0.717, 1.165) is 5.56 Å². The summed E-state index contributed by atoms with van der Waals surface area (Å²) in [4.78, 5) is 1.74. The second-order valence-corrected chi connectivity index (χ2v) is 4.10. The van der Waals surface area contributed by atoms with Crippen molar-refractivity contribution < 1.29 is 4.39 Å². The quantitative estimate of drug-likeness (QED) is 0.756. The average Bonchev–Trinajstić information content (AvgIpc) is 2.28. The second-order valence-electron chi connectivity index (χ2n) is 3.83. The van der Waals surface area contributed by atoms with E-state index in [4.69, 9.17) is 16.9 Å². The molecule has 1 aromatic carbocycles. The van der Waals surface area contributed by atoms with Crippen LogP contribution in [0.4, 0.5) is 10.1 Å². The summed E-state index contributed by atoms with van der Waals surface area (Å²) in [6.45, 7) is 2.31. The van der Waals surface area contributed by atoms with Gasteiger partial charge in [0.15, 0.2) is 0 Å². The van der Waals surface area contributed by atoms with Crippen LogP contribution in [-0.4, -0.2) is 13.6 Å². The number of alkyl halides is 1. The van der Waals surface area contributed by atoms with E-state index in [0.29, 0.717) is 18.1 Å². The van der Waals surface area contributed by atoms with E-state index in [1.807, 2.05) is 6.92 Å². The molecule has 4 heteroatoms. The smallest absolute Gasteiger partial charge is 0.146 e. The van der Waals surface area contributed by atoms with Gasteiger partial charge in [-0.1, -0.05) is 6.07 Å². The number of hydrogen-bond donors (Lipinski definition) is 0. The van der Waals surface area contributed by atoms with Crippen LogP contribution in [0.2, 0.25) is 0 Å². The molecule has 0 N–H and O–H groups in total. The van der Waals surface area contributed by atoms with Crippen molar-refractivity contribution in [2.45, 2.75) is 12.8 Å². The largest absolute Gasteiger partial charge is 0.371 e. The summed E-state index contributed by atoms with van der Waals surface area (Å²) in [5.41, 5.74) is 1.25. The van der Waals surface area contributed by atoms with Crippen molar-refractivity contribution in [3.8, 4) is 6.07 Å². The first-order chi connectivity index (χ1) is 7.58. The van der Waals surface area contributed by atoms with Crippen molar-refractivity contribution in [3.63, 3.8) is 0 Å². The van der Waals surface area contributed by atoms with Crippen LogP contribution < -0.4 is 4.90 Å². The lowest BCUT2D eigenvalue weighted by Gasteiger charge is -2.21.